The molecule has 0 saturated carbocycles. The molecule has 0 saturated heterocycles. The quantitative estimate of drug-likeness (QED) is 0.318. The van der Waals surface area contributed by atoms with E-state index in [9.17, 15) is 9.90 Å². The van der Waals surface area contributed by atoms with Crippen molar-refractivity contribution in [2.45, 2.75) is 19.9 Å². The lowest BCUT2D eigenvalue weighted by atomic mass is 10.2. The van der Waals surface area contributed by atoms with E-state index in [1.165, 1.54) is 12.1 Å². The van der Waals surface area contributed by atoms with Crippen LogP contribution in [0.15, 0.2) is 53.5 Å². The Hall–Kier alpha value is -2.73. The van der Waals surface area contributed by atoms with Crippen LogP contribution in [0, 0.1) is 0 Å². The summed E-state index contributed by atoms with van der Waals surface area (Å²) in [4.78, 5) is 16.5. The largest absolute Gasteiger partial charge is 0.508 e. The number of nitrogens with zero attached hydrogens (tertiary/aromatic N) is 1. The normalized spacial score (nSPS) is 11.1. The number of phenolic OH excluding ortho intramolecular Hbond substituents is 1. The van der Waals surface area contributed by atoms with Crippen LogP contribution in [-0.4, -0.2) is 36.6 Å². The molecule has 0 unspecified atom stereocenters. The van der Waals surface area contributed by atoms with Gasteiger partial charge in [0.05, 0.1) is 6.54 Å². The van der Waals surface area contributed by atoms with Crippen molar-refractivity contribution in [2.75, 3.05) is 19.6 Å². The minimum atomic E-state index is -0.200. The number of carbonyl (C=O) groups excluding carboxylic acids is 1. The number of aliphatic imine (C=N–C) groups is 1. The fourth-order valence-electron chi connectivity index (χ4n) is 2.35. The molecule has 6 nitrogen and oxygen atoms in total. The predicted octanol–water partition coefficient (Wildman–Crippen LogP) is 2.92. The van der Waals surface area contributed by atoms with E-state index < -0.39 is 0 Å². The molecule has 144 valence electrons. The van der Waals surface area contributed by atoms with Gasteiger partial charge in [-0.3, -0.25) is 4.79 Å². The first-order chi connectivity index (χ1) is 13.1. The Morgan fingerprint density at radius 1 is 1.07 bits per heavy atom. The van der Waals surface area contributed by atoms with Gasteiger partial charge in [0.2, 0.25) is 0 Å². The number of guanidine groups is 1. The Labute approximate surface area is 164 Å². The van der Waals surface area contributed by atoms with Gasteiger partial charge in [0, 0.05) is 30.2 Å². The molecule has 27 heavy (non-hydrogen) atoms. The first kappa shape index (κ1) is 20.6. The lowest BCUT2D eigenvalue weighted by Crippen LogP contribution is -2.38. The predicted molar refractivity (Wildman–Crippen MR) is 109 cm³/mol. The van der Waals surface area contributed by atoms with Gasteiger partial charge in [-0.25, -0.2) is 4.99 Å². The lowest BCUT2D eigenvalue weighted by Gasteiger charge is -2.12. The molecule has 2 aromatic rings. The average Bonchev–Trinajstić information content (AvgIpc) is 2.66. The number of carbonyl (C=O) groups is 1. The zero-order valence-electron chi connectivity index (χ0n) is 15.3. The molecule has 1 amide bonds. The Balaban J connectivity index is 1.73. The van der Waals surface area contributed by atoms with Crippen LogP contribution in [0.2, 0.25) is 5.02 Å². The summed E-state index contributed by atoms with van der Waals surface area (Å²) >= 11 is 5.89. The smallest absolute Gasteiger partial charge is 0.251 e. The molecule has 0 spiro atoms. The van der Waals surface area contributed by atoms with E-state index in [-0.39, 0.29) is 11.7 Å². The summed E-state index contributed by atoms with van der Waals surface area (Å²) in [6.07, 6.45) is 0.746. The number of hydrogen-bond donors (Lipinski definition) is 4. The first-order valence-electron chi connectivity index (χ1n) is 8.92. The van der Waals surface area contributed by atoms with Crippen LogP contribution in [0.5, 0.6) is 5.75 Å². The fraction of sp³-hybridized carbons (Fsp3) is 0.300. The van der Waals surface area contributed by atoms with Crippen molar-refractivity contribution in [3.05, 3.63) is 64.7 Å². The second-order valence-corrected chi connectivity index (χ2v) is 6.34. The fourth-order valence-corrected chi connectivity index (χ4v) is 2.47. The van der Waals surface area contributed by atoms with Crippen molar-refractivity contribution in [1.29, 1.82) is 0 Å². The molecule has 0 aliphatic carbocycles. The number of halogens is 1. The van der Waals surface area contributed by atoms with E-state index in [1.54, 1.807) is 12.1 Å². The van der Waals surface area contributed by atoms with E-state index in [1.807, 2.05) is 31.2 Å². The Bertz CT molecular complexity index is 763. The van der Waals surface area contributed by atoms with Crippen molar-refractivity contribution < 1.29 is 9.90 Å². The van der Waals surface area contributed by atoms with Gasteiger partial charge in [-0.05, 0) is 49.2 Å². The van der Waals surface area contributed by atoms with E-state index in [0.29, 0.717) is 30.2 Å². The molecule has 2 aromatic carbocycles. The molecular formula is C20H25ClN4O2. The number of aromatic hydroxyl groups is 1. The number of benzene rings is 2. The second-order valence-electron chi connectivity index (χ2n) is 5.91. The highest BCUT2D eigenvalue weighted by molar-refractivity contribution is 6.30. The summed E-state index contributed by atoms with van der Waals surface area (Å²) in [7, 11) is 0. The van der Waals surface area contributed by atoms with Gasteiger partial charge in [0.15, 0.2) is 5.96 Å². The van der Waals surface area contributed by atoms with E-state index in [0.717, 1.165) is 24.5 Å². The molecule has 0 heterocycles. The zero-order valence-corrected chi connectivity index (χ0v) is 16.1. The number of amides is 1. The topological polar surface area (TPSA) is 85.8 Å². The van der Waals surface area contributed by atoms with Gasteiger partial charge in [0.1, 0.15) is 5.75 Å². The molecular weight excluding hydrogens is 364 g/mol. The lowest BCUT2D eigenvalue weighted by molar-refractivity contribution is 0.0953. The summed E-state index contributed by atoms with van der Waals surface area (Å²) in [6.45, 7) is 4.53. The van der Waals surface area contributed by atoms with Crippen molar-refractivity contribution >= 4 is 23.5 Å². The zero-order chi connectivity index (χ0) is 19.5. The van der Waals surface area contributed by atoms with Crippen molar-refractivity contribution in [2.24, 2.45) is 4.99 Å². The van der Waals surface area contributed by atoms with Crippen LogP contribution in [0.1, 0.15) is 29.3 Å². The van der Waals surface area contributed by atoms with Crippen LogP contribution in [-0.2, 0) is 6.54 Å². The van der Waals surface area contributed by atoms with Gasteiger partial charge < -0.3 is 21.1 Å². The van der Waals surface area contributed by atoms with Crippen LogP contribution in [0.25, 0.3) is 0 Å². The number of nitrogens with one attached hydrogen (secondary N) is 3. The molecule has 0 aliphatic rings. The van der Waals surface area contributed by atoms with E-state index >= 15 is 0 Å². The second kappa shape index (κ2) is 11.1. The first-order valence-corrected chi connectivity index (χ1v) is 9.30. The summed E-state index contributed by atoms with van der Waals surface area (Å²) in [6, 6.07) is 13.9. The number of rotatable bonds is 8. The minimum absolute atomic E-state index is 0.0801. The van der Waals surface area contributed by atoms with Crippen LogP contribution < -0.4 is 16.0 Å². The van der Waals surface area contributed by atoms with Crippen molar-refractivity contribution in [3.63, 3.8) is 0 Å². The monoisotopic (exact) mass is 388 g/mol. The highest BCUT2D eigenvalue weighted by atomic mass is 35.5. The molecule has 0 bridgehead atoms. The van der Waals surface area contributed by atoms with Gasteiger partial charge in [-0.2, -0.15) is 0 Å². The average molecular weight is 389 g/mol. The Kier molecular flexibility index (Phi) is 8.45. The molecule has 4 N–H and O–H groups in total. The molecule has 7 heteroatoms. The summed E-state index contributed by atoms with van der Waals surface area (Å²) < 4.78 is 0. The van der Waals surface area contributed by atoms with Crippen LogP contribution >= 0.6 is 11.6 Å². The number of phenols is 1. The maximum Gasteiger partial charge on any atom is 0.251 e. The molecule has 0 atom stereocenters. The standard InChI is InChI=1S/C20H25ClN4O2/c1-2-22-20(25-14-15-7-9-17(21)10-8-15)24-12-4-11-23-19(27)16-5-3-6-18(26)13-16/h3,5-10,13,26H,2,4,11-12,14H2,1H3,(H,23,27)(H2,22,24,25). The SMILES string of the molecule is CCNC(=NCc1ccc(Cl)cc1)NCCCNC(=O)c1cccc(O)c1. The van der Waals surface area contributed by atoms with Crippen molar-refractivity contribution in [1.82, 2.24) is 16.0 Å². The maximum absolute atomic E-state index is 12.0. The molecule has 0 aliphatic heterocycles. The van der Waals surface area contributed by atoms with Gasteiger partial charge in [-0.1, -0.05) is 29.8 Å². The maximum atomic E-state index is 12.0. The van der Waals surface area contributed by atoms with E-state index in [2.05, 4.69) is 20.9 Å². The molecule has 2 rings (SSSR count). The summed E-state index contributed by atoms with van der Waals surface area (Å²) in [5.41, 5.74) is 1.52. The molecule has 0 fully saturated rings. The van der Waals surface area contributed by atoms with Gasteiger partial charge in [0.25, 0.3) is 5.91 Å². The molecule has 0 aromatic heterocycles. The van der Waals surface area contributed by atoms with Crippen LogP contribution in [0.3, 0.4) is 0 Å². The third kappa shape index (κ3) is 7.58. The molecule has 0 radical (unpaired) electrons. The van der Waals surface area contributed by atoms with Crippen molar-refractivity contribution in [3.8, 4) is 5.75 Å². The highest BCUT2D eigenvalue weighted by Crippen LogP contribution is 2.11. The minimum Gasteiger partial charge on any atom is -0.508 e. The highest BCUT2D eigenvalue weighted by Gasteiger charge is 2.05. The van der Waals surface area contributed by atoms with Gasteiger partial charge >= 0.3 is 0 Å². The number of hydrogen-bond acceptors (Lipinski definition) is 3. The Morgan fingerprint density at radius 3 is 2.52 bits per heavy atom. The van der Waals surface area contributed by atoms with Gasteiger partial charge in [-0.15, -0.1) is 0 Å². The van der Waals surface area contributed by atoms with Crippen LogP contribution in [0.4, 0.5) is 0 Å². The summed E-state index contributed by atoms with van der Waals surface area (Å²) in [5.74, 6) is 0.609. The Morgan fingerprint density at radius 2 is 1.81 bits per heavy atom. The summed E-state index contributed by atoms with van der Waals surface area (Å²) in [5, 5.41) is 19.4. The van der Waals surface area contributed by atoms with E-state index in [4.69, 9.17) is 11.6 Å². The third-order valence-corrected chi connectivity index (χ3v) is 3.97. The third-order valence-electron chi connectivity index (χ3n) is 3.72.